The predicted molar refractivity (Wildman–Crippen MR) is 55.1 cm³/mol. The fraction of sp³-hybridized carbons (Fsp3) is 0.455. The Hall–Kier alpha value is -1.62. The third-order valence-corrected chi connectivity index (χ3v) is 2.04. The van der Waals surface area contributed by atoms with E-state index in [2.05, 4.69) is 13.2 Å². The van der Waals surface area contributed by atoms with Gasteiger partial charge < -0.3 is 14.2 Å². The smallest absolute Gasteiger partial charge is 0.376 e. The molecule has 5 nitrogen and oxygen atoms in total. The van der Waals surface area contributed by atoms with Gasteiger partial charge in [0, 0.05) is 12.2 Å². The summed E-state index contributed by atoms with van der Waals surface area (Å²) in [4.78, 5) is 22.2. The number of hydrogen-bond donors (Lipinski definition) is 0. The lowest BCUT2D eigenvalue weighted by molar-refractivity contribution is -0.355. The Balaban J connectivity index is 2.73. The average molecular weight is 226 g/mol. The molecule has 0 N–H and O–H groups in total. The van der Waals surface area contributed by atoms with E-state index in [1.807, 2.05) is 0 Å². The lowest BCUT2D eigenvalue weighted by Gasteiger charge is -2.34. The molecule has 1 aliphatic rings. The van der Waals surface area contributed by atoms with E-state index in [4.69, 9.17) is 14.2 Å². The number of hydrogen-bond acceptors (Lipinski definition) is 5. The third kappa shape index (κ3) is 3.20. The molecule has 1 saturated heterocycles. The highest BCUT2D eigenvalue weighted by molar-refractivity contribution is 5.83. The van der Waals surface area contributed by atoms with Crippen LogP contribution in [-0.2, 0) is 23.8 Å². The number of rotatable bonds is 4. The molecule has 0 saturated carbocycles. The summed E-state index contributed by atoms with van der Waals surface area (Å²) in [6, 6.07) is 0. The van der Waals surface area contributed by atoms with Gasteiger partial charge in [-0.15, -0.1) is 0 Å². The van der Waals surface area contributed by atoms with Crippen molar-refractivity contribution in [2.75, 3.05) is 6.61 Å². The molecule has 0 aromatic carbocycles. The molecular formula is C11H14O5. The Kier molecular flexibility index (Phi) is 4.25. The Morgan fingerprint density at radius 1 is 1.12 bits per heavy atom. The Labute approximate surface area is 93.7 Å². The second kappa shape index (κ2) is 5.46. The van der Waals surface area contributed by atoms with E-state index in [-0.39, 0.29) is 0 Å². The van der Waals surface area contributed by atoms with E-state index in [0.29, 0.717) is 13.0 Å². The summed E-state index contributed by atoms with van der Waals surface area (Å²) in [5, 5.41) is 0. The van der Waals surface area contributed by atoms with Crippen LogP contribution in [0.4, 0.5) is 0 Å². The van der Waals surface area contributed by atoms with Crippen LogP contribution in [0.5, 0.6) is 0 Å². The Morgan fingerprint density at radius 2 is 1.69 bits per heavy atom. The SMILES string of the molecule is C=CC(=O)OC1(OC(=O)C=C)CCCCO1. The van der Waals surface area contributed by atoms with Gasteiger partial charge in [0.2, 0.25) is 0 Å². The largest absolute Gasteiger partial charge is 0.395 e. The van der Waals surface area contributed by atoms with Crippen LogP contribution in [-0.4, -0.2) is 24.5 Å². The van der Waals surface area contributed by atoms with Crippen LogP contribution in [0.3, 0.4) is 0 Å². The summed E-state index contributed by atoms with van der Waals surface area (Å²) in [5.41, 5.74) is 0. The van der Waals surface area contributed by atoms with E-state index < -0.39 is 17.9 Å². The number of ether oxygens (including phenoxy) is 3. The number of carbonyl (C=O) groups is 2. The molecule has 88 valence electrons. The van der Waals surface area contributed by atoms with Gasteiger partial charge in [0.05, 0.1) is 13.0 Å². The molecule has 0 spiro atoms. The average Bonchev–Trinajstić information content (AvgIpc) is 2.29. The van der Waals surface area contributed by atoms with E-state index in [0.717, 1.165) is 25.0 Å². The minimum atomic E-state index is -1.62. The summed E-state index contributed by atoms with van der Waals surface area (Å²) < 4.78 is 15.1. The second-order valence-corrected chi connectivity index (χ2v) is 3.24. The van der Waals surface area contributed by atoms with Gasteiger partial charge >= 0.3 is 17.9 Å². The first-order valence-electron chi connectivity index (χ1n) is 4.96. The maximum Gasteiger partial charge on any atom is 0.376 e. The summed E-state index contributed by atoms with van der Waals surface area (Å²) in [6.45, 7) is 6.90. The molecule has 1 heterocycles. The molecule has 0 aromatic rings. The van der Waals surface area contributed by atoms with Gasteiger partial charge in [0.15, 0.2) is 0 Å². The van der Waals surface area contributed by atoms with Crippen LogP contribution < -0.4 is 0 Å². The van der Waals surface area contributed by atoms with Gasteiger partial charge in [-0.2, -0.15) is 0 Å². The van der Waals surface area contributed by atoms with E-state index in [1.165, 1.54) is 0 Å². The fourth-order valence-corrected chi connectivity index (χ4v) is 1.32. The third-order valence-electron chi connectivity index (χ3n) is 2.04. The summed E-state index contributed by atoms with van der Waals surface area (Å²) in [5.74, 6) is -3.01. The molecule has 0 unspecified atom stereocenters. The number of esters is 2. The highest BCUT2D eigenvalue weighted by atomic mass is 16.9. The first-order chi connectivity index (χ1) is 7.62. The number of carbonyl (C=O) groups excluding carboxylic acids is 2. The van der Waals surface area contributed by atoms with Gasteiger partial charge in [-0.25, -0.2) is 9.59 Å². The molecule has 0 aromatic heterocycles. The molecule has 1 aliphatic heterocycles. The first kappa shape index (κ1) is 12.4. The van der Waals surface area contributed by atoms with Crippen molar-refractivity contribution in [3.05, 3.63) is 25.3 Å². The molecule has 1 rings (SSSR count). The van der Waals surface area contributed by atoms with E-state index in [1.54, 1.807) is 0 Å². The van der Waals surface area contributed by atoms with Crippen molar-refractivity contribution in [2.24, 2.45) is 0 Å². The van der Waals surface area contributed by atoms with Gasteiger partial charge in [-0.05, 0) is 12.8 Å². The van der Waals surface area contributed by atoms with Crippen molar-refractivity contribution in [3.63, 3.8) is 0 Å². The maximum atomic E-state index is 11.1. The lowest BCUT2D eigenvalue weighted by atomic mass is 10.2. The van der Waals surface area contributed by atoms with Crippen molar-refractivity contribution >= 4 is 11.9 Å². The van der Waals surface area contributed by atoms with Crippen molar-refractivity contribution in [2.45, 2.75) is 25.2 Å². The highest BCUT2D eigenvalue weighted by Crippen LogP contribution is 2.28. The Morgan fingerprint density at radius 3 is 2.06 bits per heavy atom. The predicted octanol–water partition coefficient (Wildman–Crippen LogP) is 1.30. The standard InChI is InChI=1S/C11H14O5/c1-3-9(12)15-11(16-10(13)4-2)7-5-6-8-14-11/h3-4H,1-2,5-8H2. The van der Waals surface area contributed by atoms with Gasteiger partial charge in [0.25, 0.3) is 0 Å². The monoisotopic (exact) mass is 226 g/mol. The molecule has 5 heteroatoms. The van der Waals surface area contributed by atoms with Crippen molar-refractivity contribution < 1.29 is 23.8 Å². The van der Waals surface area contributed by atoms with Gasteiger partial charge in [0.1, 0.15) is 0 Å². The zero-order chi connectivity index (χ0) is 12.0. The molecule has 1 fully saturated rings. The minimum Gasteiger partial charge on any atom is -0.395 e. The maximum absolute atomic E-state index is 11.1. The normalized spacial score (nSPS) is 18.2. The van der Waals surface area contributed by atoms with E-state index >= 15 is 0 Å². The summed E-state index contributed by atoms with van der Waals surface area (Å²) in [7, 11) is 0. The Bertz CT molecular complexity index is 277. The minimum absolute atomic E-state index is 0.312. The lowest BCUT2D eigenvalue weighted by Crippen LogP contribution is -2.44. The van der Waals surface area contributed by atoms with Crippen molar-refractivity contribution in [1.29, 1.82) is 0 Å². The summed E-state index contributed by atoms with van der Waals surface area (Å²) in [6.07, 6.45) is 3.86. The van der Waals surface area contributed by atoms with Gasteiger partial charge in [-0.3, -0.25) is 0 Å². The zero-order valence-corrected chi connectivity index (χ0v) is 8.94. The van der Waals surface area contributed by atoms with Crippen LogP contribution >= 0.6 is 0 Å². The van der Waals surface area contributed by atoms with Crippen LogP contribution in [0, 0.1) is 0 Å². The van der Waals surface area contributed by atoms with Crippen LogP contribution in [0.2, 0.25) is 0 Å². The van der Waals surface area contributed by atoms with Crippen LogP contribution in [0.25, 0.3) is 0 Å². The molecule has 16 heavy (non-hydrogen) atoms. The van der Waals surface area contributed by atoms with E-state index in [9.17, 15) is 9.59 Å². The van der Waals surface area contributed by atoms with Crippen molar-refractivity contribution in [1.82, 2.24) is 0 Å². The molecule has 0 aliphatic carbocycles. The van der Waals surface area contributed by atoms with Crippen LogP contribution in [0.15, 0.2) is 25.3 Å². The highest BCUT2D eigenvalue weighted by Gasteiger charge is 2.41. The van der Waals surface area contributed by atoms with Gasteiger partial charge in [-0.1, -0.05) is 13.2 Å². The molecule has 0 amide bonds. The van der Waals surface area contributed by atoms with Crippen LogP contribution in [0.1, 0.15) is 19.3 Å². The topological polar surface area (TPSA) is 61.8 Å². The molecular weight excluding hydrogens is 212 g/mol. The van der Waals surface area contributed by atoms with Crippen molar-refractivity contribution in [3.8, 4) is 0 Å². The second-order valence-electron chi connectivity index (χ2n) is 3.24. The first-order valence-corrected chi connectivity index (χ1v) is 4.96. The summed E-state index contributed by atoms with van der Waals surface area (Å²) >= 11 is 0. The molecule has 0 atom stereocenters. The fourth-order valence-electron chi connectivity index (χ4n) is 1.32. The quantitative estimate of drug-likeness (QED) is 0.410. The molecule has 0 bridgehead atoms. The zero-order valence-electron chi connectivity index (χ0n) is 8.94. The molecule has 0 radical (unpaired) electrons.